The lowest BCUT2D eigenvalue weighted by molar-refractivity contribution is -0.140. The molecule has 0 bridgehead atoms. The molecular weight excluding hydrogens is 549 g/mol. The molecule has 2 aliphatic heterocycles. The summed E-state index contributed by atoms with van der Waals surface area (Å²) in [6.45, 7) is 3.72. The van der Waals surface area contributed by atoms with Gasteiger partial charge in [0.05, 0.1) is 17.8 Å². The second kappa shape index (κ2) is 10.1. The van der Waals surface area contributed by atoms with Crippen LogP contribution in [-0.4, -0.2) is 41.5 Å². The second-order valence-electron chi connectivity index (χ2n) is 10.1. The number of urea groups is 2. The first-order valence-corrected chi connectivity index (χ1v) is 12.5. The molecule has 3 aromatic carbocycles. The molecule has 41 heavy (non-hydrogen) atoms. The third-order valence-electron chi connectivity index (χ3n) is 7.05. The van der Waals surface area contributed by atoms with Gasteiger partial charge in [-0.3, -0.25) is 9.69 Å². The Hall–Kier alpha value is -4.68. The summed E-state index contributed by atoms with van der Waals surface area (Å²) < 4.78 is 68.0. The number of carbonyl (C=O) groups excluding carboxylic acids is 3. The van der Waals surface area contributed by atoms with Crippen molar-refractivity contribution in [3.8, 4) is 0 Å². The van der Waals surface area contributed by atoms with E-state index < -0.39 is 46.5 Å². The molecule has 5 amide bonds. The van der Waals surface area contributed by atoms with E-state index in [1.165, 1.54) is 32.0 Å². The van der Waals surface area contributed by atoms with Gasteiger partial charge in [0, 0.05) is 30.2 Å². The first-order chi connectivity index (χ1) is 19.3. The van der Waals surface area contributed by atoms with Crippen LogP contribution in [0.25, 0.3) is 0 Å². The molecule has 0 saturated carbocycles. The lowest BCUT2D eigenvalue weighted by atomic mass is 10.0. The van der Waals surface area contributed by atoms with Crippen LogP contribution in [0.5, 0.6) is 0 Å². The van der Waals surface area contributed by atoms with E-state index in [2.05, 4.69) is 10.6 Å². The Bertz CT molecular complexity index is 1540. The molecule has 2 heterocycles. The van der Waals surface area contributed by atoms with Gasteiger partial charge >= 0.3 is 18.2 Å². The number of imide groups is 1. The quantitative estimate of drug-likeness (QED) is 0.280. The van der Waals surface area contributed by atoms with E-state index >= 15 is 0 Å². The van der Waals surface area contributed by atoms with E-state index in [0.29, 0.717) is 47.1 Å². The van der Waals surface area contributed by atoms with Crippen LogP contribution < -0.4 is 20.4 Å². The van der Waals surface area contributed by atoms with E-state index in [-0.39, 0.29) is 18.3 Å². The third kappa shape index (κ3) is 5.14. The number of nitrogens with zero attached hydrogens (tertiary/aromatic N) is 3. The van der Waals surface area contributed by atoms with Crippen molar-refractivity contribution in [2.45, 2.75) is 32.1 Å². The Kier molecular flexibility index (Phi) is 6.84. The average molecular weight is 574 g/mol. The molecule has 0 unspecified atom stereocenters. The minimum absolute atomic E-state index is 0.198. The highest BCUT2D eigenvalue weighted by Crippen LogP contribution is 2.38. The molecule has 2 saturated heterocycles. The summed E-state index contributed by atoms with van der Waals surface area (Å²) in [5.74, 6) is -2.91. The van der Waals surface area contributed by atoms with E-state index in [1.807, 2.05) is 0 Å². The maximum Gasteiger partial charge on any atom is 0.419 e. The van der Waals surface area contributed by atoms with Crippen LogP contribution in [0.2, 0.25) is 0 Å². The Morgan fingerprint density at radius 2 is 1.61 bits per heavy atom. The molecule has 0 radical (unpaired) electrons. The highest BCUT2D eigenvalue weighted by Gasteiger charge is 2.52. The van der Waals surface area contributed by atoms with Crippen molar-refractivity contribution in [3.05, 3.63) is 83.4 Å². The molecule has 2 fully saturated rings. The Morgan fingerprint density at radius 3 is 2.24 bits per heavy atom. The van der Waals surface area contributed by atoms with E-state index in [0.717, 1.165) is 11.0 Å². The minimum Gasteiger partial charge on any atom is -0.355 e. The number of nitrogens with one attached hydrogen (secondary N) is 2. The van der Waals surface area contributed by atoms with E-state index in [4.69, 9.17) is 0 Å². The summed E-state index contributed by atoms with van der Waals surface area (Å²) in [5, 5.41) is 5.79. The second-order valence-corrected chi connectivity index (χ2v) is 10.1. The van der Waals surface area contributed by atoms with Crippen LogP contribution in [0.1, 0.15) is 25.0 Å². The van der Waals surface area contributed by atoms with Crippen molar-refractivity contribution in [1.29, 1.82) is 0 Å². The van der Waals surface area contributed by atoms with Crippen molar-refractivity contribution in [1.82, 2.24) is 10.2 Å². The molecule has 0 aromatic heterocycles. The molecule has 5 rings (SSSR count). The van der Waals surface area contributed by atoms with Crippen LogP contribution in [0.4, 0.5) is 54.3 Å². The number of hydrogen-bond donors (Lipinski definition) is 2. The normalized spacial score (nSPS) is 17.0. The van der Waals surface area contributed by atoms with Crippen molar-refractivity contribution in [2.24, 2.45) is 0 Å². The van der Waals surface area contributed by atoms with Crippen molar-refractivity contribution >= 4 is 40.7 Å². The minimum atomic E-state index is -5.03. The topological polar surface area (TPSA) is 85.0 Å². The summed E-state index contributed by atoms with van der Waals surface area (Å²) >= 11 is 0. The fraction of sp³-hybridized carbons (Fsp3) is 0.250. The van der Waals surface area contributed by atoms with Crippen molar-refractivity contribution < 1.29 is 36.3 Å². The van der Waals surface area contributed by atoms with Crippen LogP contribution >= 0.6 is 0 Å². The third-order valence-corrected chi connectivity index (χ3v) is 7.05. The number of hydrogen-bond acceptors (Lipinski definition) is 4. The molecule has 8 nitrogen and oxygen atoms in total. The van der Waals surface area contributed by atoms with E-state index in [1.54, 1.807) is 29.2 Å². The van der Waals surface area contributed by atoms with Gasteiger partial charge < -0.3 is 15.5 Å². The molecule has 0 atom stereocenters. The lowest BCUT2D eigenvalue weighted by Gasteiger charge is -2.28. The Labute approximate surface area is 231 Å². The highest BCUT2D eigenvalue weighted by molar-refractivity contribution is 6.23. The maximum absolute atomic E-state index is 14.3. The van der Waals surface area contributed by atoms with Gasteiger partial charge in [-0.2, -0.15) is 13.2 Å². The molecule has 3 aromatic rings. The van der Waals surface area contributed by atoms with Gasteiger partial charge in [0.25, 0.3) is 5.91 Å². The molecule has 0 aliphatic carbocycles. The standard InChI is InChI=1S/C28H24F5N5O3/c1-27(2)24(39)38(20-9-10-22(30)21(14-20)28(31,32)33)26(41)37(27)15-16-3-4-17(29)13-23(16)35-18-5-7-19(8-6-18)36-12-11-34-25(36)40/h3-10,13-14,35H,11-12,15H2,1-2H3,(H,34,40). The van der Waals surface area contributed by atoms with Crippen LogP contribution in [0.15, 0.2) is 60.7 Å². The number of benzene rings is 3. The number of alkyl halides is 3. The SMILES string of the molecule is CC1(C)C(=O)N(c2ccc(F)c(C(F)(F)F)c2)C(=O)N1Cc1ccc(F)cc1Nc1ccc(N2CCNC2=O)cc1. The molecule has 0 spiro atoms. The fourth-order valence-corrected chi connectivity index (χ4v) is 4.77. The Morgan fingerprint density at radius 1 is 0.927 bits per heavy atom. The number of rotatable bonds is 6. The molecule has 13 heteroatoms. The maximum atomic E-state index is 14.3. The molecule has 2 N–H and O–H groups in total. The Balaban J connectivity index is 1.42. The summed E-state index contributed by atoms with van der Waals surface area (Å²) in [4.78, 5) is 41.9. The monoisotopic (exact) mass is 573 g/mol. The van der Waals surface area contributed by atoms with Gasteiger partial charge in [0.15, 0.2) is 0 Å². The largest absolute Gasteiger partial charge is 0.419 e. The first kappa shape index (κ1) is 27.9. The number of carbonyl (C=O) groups is 3. The first-order valence-electron chi connectivity index (χ1n) is 12.5. The van der Waals surface area contributed by atoms with E-state index in [9.17, 15) is 36.3 Å². The summed E-state index contributed by atoms with van der Waals surface area (Å²) in [6, 6.07) is 11.4. The van der Waals surface area contributed by atoms with Gasteiger partial charge in [0.1, 0.15) is 17.2 Å². The number of amides is 5. The average Bonchev–Trinajstić information content (AvgIpc) is 3.40. The zero-order valence-corrected chi connectivity index (χ0v) is 21.9. The zero-order chi connectivity index (χ0) is 29.7. The summed E-state index contributed by atoms with van der Waals surface area (Å²) in [7, 11) is 0. The van der Waals surface area contributed by atoms with Crippen molar-refractivity contribution in [3.63, 3.8) is 0 Å². The predicted molar refractivity (Wildman–Crippen MR) is 141 cm³/mol. The van der Waals surface area contributed by atoms with Gasteiger partial charge in [-0.1, -0.05) is 6.07 Å². The number of anilines is 4. The molecule has 2 aliphatic rings. The zero-order valence-electron chi connectivity index (χ0n) is 21.9. The van der Waals surface area contributed by atoms with Crippen molar-refractivity contribution in [2.75, 3.05) is 28.2 Å². The lowest BCUT2D eigenvalue weighted by Crippen LogP contribution is -2.43. The van der Waals surface area contributed by atoms with Crippen LogP contribution in [-0.2, 0) is 17.5 Å². The fourth-order valence-electron chi connectivity index (χ4n) is 4.77. The predicted octanol–water partition coefficient (Wildman–Crippen LogP) is 6.00. The van der Waals surface area contributed by atoms with Gasteiger partial charge in [-0.25, -0.2) is 23.3 Å². The molecule has 214 valence electrons. The van der Waals surface area contributed by atoms with Gasteiger partial charge in [-0.15, -0.1) is 0 Å². The van der Waals surface area contributed by atoms with Gasteiger partial charge in [0.2, 0.25) is 0 Å². The highest BCUT2D eigenvalue weighted by atomic mass is 19.4. The van der Waals surface area contributed by atoms with Crippen LogP contribution in [0.3, 0.4) is 0 Å². The molecular formula is C28H24F5N5O3. The van der Waals surface area contributed by atoms with Crippen LogP contribution in [0, 0.1) is 11.6 Å². The number of halogens is 5. The summed E-state index contributed by atoms with van der Waals surface area (Å²) in [6.07, 6.45) is -5.03. The summed E-state index contributed by atoms with van der Waals surface area (Å²) in [5.41, 5.74) is -1.60. The smallest absolute Gasteiger partial charge is 0.355 e. The van der Waals surface area contributed by atoms with Gasteiger partial charge in [-0.05, 0) is 74.0 Å².